The van der Waals surface area contributed by atoms with E-state index in [0.717, 1.165) is 5.56 Å². The molecular weight excluding hydrogens is 421 g/mol. The number of halogens is 2. The number of hydrogen-bond acceptors (Lipinski definition) is 4. The maximum absolute atomic E-state index is 12.9. The van der Waals surface area contributed by atoms with Crippen LogP contribution in [0.4, 0.5) is 0 Å². The van der Waals surface area contributed by atoms with Gasteiger partial charge in [-0.3, -0.25) is 4.79 Å². The minimum atomic E-state index is -0.401. The van der Waals surface area contributed by atoms with E-state index in [0.29, 0.717) is 37.8 Å². The molecule has 1 heterocycles. The highest BCUT2D eigenvalue weighted by Gasteiger charge is 2.14. The maximum Gasteiger partial charge on any atom is 0.272 e. The molecule has 0 aliphatic carbocycles. The van der Waals surface area contributed by atoms with Crippen LogP contribution < -0.4 is 5.43 Å². The lowest BCUT2D eigenvalue weighted by molar-refractivity contribution is 0.0956. The number of nitrogens with zero attached hydrogens (tertiary/aromatic N) is 2. The van der Waals surface area contributed by atoms with Crippen LogP contribution in [0.15, 0.2) is 77.9 Å². The van der Waals surface area contributed by atoms with E-state index in [1.54, 1.807) is 48.5 Å². The van der Waals surface area contributed by atoms with Crippen molar-refractivity contribution >= 4 is 46.2 Å². The number of phenolic OH excluding ortho intramolecular Hbond substituents is 1. The average molecular weight is 436 g/mol. The van der Waals surface area contributed by atoms with E-state index in [9.17, 15) is 9.90 Å². The number of amides is 1. The number of phenols is 1. The molecular formula is C23H15Cl2N3O2. The Labute approximate surface area is 182 Å². The van der Waals surface area contributed by atoms with E-state index < -0.39 is 5.91 Å². The second kappa shape index (κ2) is 8.53. The fourth-order valence-electron chi connectivity index (χ4n) is 2.98. The zero-order valence-corrected chi connectivity index (χ0v) is 17.0. The SMILES string of the molecule is O=C(NN=Cc1ccccc1O)c1cc(-c2ccc(Cl)c(Cl)c2)nc2ccccc12. The molecule has 0 saturated carbocycles. The van der Waals surface area contributed by atoms with Crippen LogP contribution in [0.25, 0.3) is 22.2 Å². The summed E-state index contributed by atoms with van der Waals surface area (Å²) in [5, 5.41) is 15.3. The number of para-hydroxylation sites is 2. The van der Waals surface area contributed by atoms with Crippen LogP contribution in [-0.2, 0) is 0 Å². The van der Waals surface area contributed by atoms with E-state index in [1.807, 2.05) is 24.3 Å². The quantitative estimate of drug-likeness (QED) is 0.319. The monoisotopic (exact) mass is 435 g/mol. The van der Waals surface area contributed by atoms with Gasteiger partial charge in [-0.1, -0.05) is 59.6 Å². The molecule has 148 valence electrons. The van der Waals surface area contributed by atoms with Gasteiger partial charge >= 0.3 is 0 Å². The second-order valence-corrected chi connectivity index (χ2v) is 7.27. The summed E-state index contributed by atoms with van der Waals surface area (Å²) in [6, 6.07) is 20.9. The van der Waals surface area contributed by atoms with Gasteiger partial charge < -0.3 is 5.11 Å². The van der Waals surface area contributed by atoms with Gasteiger partial charge in [-0.05, 0) is 36.4 Å². The van der Waals surface area contributed by atoms with Crippen molar-refractivity contribution < 1.29 is 9.90 Å². The van der Waals surface area contributed by atoms with Gasteiger partial charge in [0.05, 0.1) is 33.0 Å². The van der Waals surface area contributed by atoms with Crippen molar-refractivity contribution in [3.63, 3.8) is 0 Å². The lowest BCUT2D eigenvalue weighted by Gasteiger charge is -2.09. The van der Waals surface area contributed by atoms with E-state index in [4.69, 9.17) is 23.2 Å². The summed E-state index contributed by atoms with van der Waals surface area (Å²) in [5.41, 5.74) is 5.40. The van der Waals surface area contributed by atoms with Crippen molar-refractivity contribution in [1.29, 1.82) is 0 Å². The fraction of sp³-hybridized carbons (Fsp3) is 0. The van der Waals surface area contributed by atoms with E-state index in [1.165, 1.54) is 6.21 Å². The minimum Gasteiger partial charge on any atom is -0.507 e. The molecule has 0 fully saturated rings. The summed E-state index contributed by atoms with van der Waals surface area (Å²) in [7, 11) is 0. The van der Waals surface area contributed by atoms with Crippen LogP contribution in [-0.4, -0.2) is 22.2 Å². The van der Waals surface area contributed by atoms with Gasteiger partial charge in [-0.25, -0.2) is 10.4 Å². The third kappa shape index (κ3) is 4.13. The third-order valence-electron chi connectivity index (χ3n) is 4.48. The summed E-state index contributed by atoms with van der Waals surface area (Å²) in [4.78, 5) is 17.5. The Balaban J connectivity index is 1.71. The minimum absolute atomic E-state index is 0.0757. The number of carbonyl (C=O) groups is 1. The van der Waals surface area contributed by atoms with Crippen LogP contribution in [0.2, 0.25) is 10.0 Å². The van der Waals surface area contributed by atoms with Crippen LogP contribution in [0.3, 0.4) is 0 Å². The van der Waals surface area contributed by atoms with E-state index in [-0.39, 0.29) is 5.75 Å². The molecule has 30 heavy (non-hydrogen) atoms. The lowest BCUT2D eigenvalue weighted by Crippen LogP contribution is -2.18. The zero-order chi connectivity index (χ0) is 21.1. The predicted molar refractivity (Wildman–Crippen MR) is 120 cm³/mol. The third-order valence-corrected chi connectivity index (χ3v) is 5.22. The Kier molecular flexibility index (Phi) is 5.65. The van der Waals surface area contributed by atoms with E-state index in [2.05, 4.69) is 15.5 Å². The van der Waals surface area contributed by atoms with Gasteiger partial charge in [-0.15, -0.1) is 0 Å². The highest BCUT2D eigenvalue weighted by atomic mass is 35.5. The van der Waals surface area contributed by atoms with Crippen molar-refractivity contribution in [3.05, 3.63) is 94.0 Å². The molecule has 0 atom stereocenters. The Bertz CT molecular complexity index is 1290. The van der Waals surface area contributed by atoms with Gasteiger partial charge in [-0.2, -0.15) is 5.10 Å². The molecule has 0 radical (unpaired) electrons. The van der Waals surface area contributed by atoms with Crippen molar-refractivity contribution in [2.45, 2.75) is 0 Å². The number of hydrazone groups is 1. The van der Waals surface area contributed by atoms with E-state index >= 15 is 0 Å². The lowest BCUT2D eigenvalue weighted by atomic mass is 10.0. The predicted octanol–water partition coefficient (Wildman–Crippen LogP) is 5.68. The molecule has 0 aliphatic heterocycles. The number of aromatic hydroxyl groups is 1. The van der Waals surface area contributed by atoms with Gasteiger partial charge in [0.2, 0.25) is 0 Å². The fourth-order valence-corrected chi connectivity index (χ4v) is 3.28. The molecule has 0 bridgehead atoms. The Hall–Kier alpha value is -3.41. The van der Waals surface area contributed by atoms with Gasteiger partial charge in [0.15, 0.2) is 0 Å². The van der Waals surface area contributed by atoms with Gasteiger partial charge in [0, 0.05) is 16.5 Å². The molecule has 1 amide bonds. The Morgan fingerprint density at radius 1 is 0.967 bits per heavy atom. The Morgan fingerprint density at radius 2 is 1.73 bits per heavy atom. The molecule has 4 rings (SSSR count). The summed E-state index contributed by atoms with van der Waals surface area (Å²) < 4.78 is 0. The van der Waals surface area contributed by atoms with Crippen molar-refractivity contribution in [2.75, 3.05) is 0 Å². The number of hydrogen-bond donors (Lipinski definition) is 2. The molecule has 0 unspecified atom stereocenters. The number of nitrogens with one attached hydrogen (secondary N) is 1. The number of benzene rings is 3. The molecule has 0 saturated heterocycles. The first-order chi connectivity index (χ1) is 14.5. The first-order valence-electron chi connectivity index (χ1n) is 8.99. The molecule has 7 heteroatoms. The maximum atomic E-state index is 12.9. The van der Waals surface area contributed by atoms with Gasteiger partial charge in [0.1, 0.15) is 5.75 Å². The van der Waals surface area contributed by atoms with Crippen LogP contribution in [0, 0.1) is 0 Å². The smallest absolute Gasteiger partial charge is 0.272 e. The van der Waals surface area contributed by atoms with Gasteiger partial charge in [0.25, 0.3) is 5.91 Å². The Morgan fingerprint density at radius 3 is 2.53 bits per heavy atom. The van der Waals surface area contributed by atoms with Crippen molar-refractivity contribution in [2.24, 2.45) is 5.10 Å². The molecule has 0 spiro atoms. The largest absolute Gasteiger partial charge is 0.507 e. The van der Waals surface area contributed by atoms with Crippen molar-refractivity contribution in [3.8, 4) is 17.0 Å². The number of rotatable bonds is 4. The molecule has 2 N–H and O–H groups in total. The standard InChI is InChI=1S/C23H15Cl2N3O2/c24-18-10-9-14(11-19(18)25)21-12-17(16-6-2-3-7-20(16)27-21)23(30)28-26-13-15-5-1-4-8-22(15)29/h1-13,29H,(H,28,30). The first kappa shape index (κ1) is 19.9. The molecule has 0 aliphatic rings. The van der Waals surface area contributed by atoms with Crippen LogP contribution in [0.1, 0.15) is 15.9 Å². The molecule has 1 aromatic heterocycles. The summed E-state index contributed by atoms with van der Waals surface area (Å²) in [6.07, 6.45) is 1.39. The summed E-state index contributed by atoms with van der Waals surface area (Å²) >= 11 is 12.2. The topological polar surface area (TPSA) is 74.6 Å². The van der Waals surface area contributed by atoms with Crippen molar-refractivity contribution in [1.82, 2.24) is 10.4 Å². The number of aromatic nitrogens is 1. The molecule has 4 aromatic rings. The number of carbonyl (C=O) groups excluding carboxylic acids is 1. The van der Waals surface area contributed by atoms with Crippen LogP contribution in [0.5, 0.6) is 5.75 Å². The number of fused-ring (bicyclic) bond motifs is 1. The first-order valence-corrected chi connectivity index (χ1v) is 9.75. The van der Waals surface area contributed by atoms with Crippen LogP contribution >= 0.6 is 23.2 Å². The molecule has 5 nitrogen and oxygen atoms in total. The normalized spacial score (nSPS) is 11.1. The average Bonchev–Trinajstić information content (AvgIpc) is 2.76. The highest BCUT2D eigenvalue weighted by molar-refractivity contribution is 6.42. The number of pyridine rings is 1. The summed E-state index contributed by atoms with van der Waals surface area (Å²) in [5.74, 6) is -0.326. The molecule has 3 aromatic carbocycles. The second-order valence-electron chi connectivity index (χ2n) is 6.46. The summed E-state index contributed by atoms with van der Waals surface area (Å²) in [6.45, 7) is 0. The zero-order valence-electron chi connectivity index (χ0n) is 15.5. The highest BCUT2D eigenvalue weighted by Crippen LogP contribution is 2.30.